The second-order valence-corrected chi connectivity index (χ2v) is 8.74. The number of carbonyl (C=O) groups excluding carboxylic acids is 2. The Bertz CT molecular complexity index is 1060. The Morgan fingerprint density at radius 2 is 1.62 bits per heavy atom. The lowest BCUT2D eigenvalue weighted by molar-refractivity contribution is 0.0110. The van der Waals surface area contributed by atoms with Crippen molar-refractivity contribution in [1.29, 1.82) is 5.26 Å². The fourth-order valence-corrected chi connectivity index (χ4v) is 4.62. The van der Waals surface area contributed by atoms with Crippen molar-refractivity contribution in [1.82, 2.24) is 9.80 Å². The van der Waals surface area contributed by atoms with Crippen LogP contribution in [-0.4, -0.2) is 47.8 Å². The second-order valence-electron chi connectivity index (χ2n) is 7.55. The number of benzene rings is 2. The molecule has 5 nitrogen and oxygen atoms in total. The largest absolute Gasteiger partial charge is 0.338 e. The molecule has 0 aliphatic carbocycles. The molecule has 0 aromatic heterocycles. The molecule has 4 rings (SSSR count). The Kier molecular flexibility index (Phi) is 5.20. The van der Waals surface area contributed by atoms with Gasteiger partial charge >= 0.3 is 0 Å². The van der Waals surface area contributed by atoms with E-state index >= 15 is 0 Å². The summed E-state index contributed by atoms with van der Waals surface area (Å²) in [7, 11) is 0. The van der Waals surface area contributed by atoms with Gasteiger partial charge in [0, 0.05) is 31.6 Å². The van der Waals surface area contributed by atoms with Gasteiger partial charge in [0.05, 0.1) is 37.8 Å². The number of halogens is 3. The van der Waals surface area contributed by atoms with Gasteiger partial charge in [-0.15, -0.1) is 0 Å². The van der Waals surface area contributed by atoms with Gasteiger partial charge < -0.3 is 9.80 Å². The van der Waals surface area contributed by atoms with Crippen LogP contribution in [0.5, 0.6) is 0 Å². The minimum absolute atomic E-state index is 0.115. The maximum atomic E-state index is 12.9. The van der Waals surface area contributed by atoms with E-state index in [4.69, 9.17) is 40.1 Å². The number of nitrogens with zero attached hydrogens (tertiary/aromatic N) is 3. The van der Waals surface area contributed by atoms with E-state index in [-0.39, 0.29) is 22.3 Å². The smallest absolute Gasteiger partial charge is 0.255 e. The normalized spacial score (nSPS) is 17.2. The molecule has 0 atom stereocenters. The highest BCUT2D eigenvalue weighted by Gasteiger charge is 2.50. The summed E-state index contributed by atoms with van der Waals surface area (Å²) >= 11 is 18.4. The molecule has 0 unspecified atom stereocenters. The molecule has 0 saturated carbocycles. The highest BCUT2D eigenvalue weighted by Crippen LogP contribution is 2.41. The topological polar surface area (TPSA) is 64.4 Å². The van der Waals surface area contributed by atoms with E-state index in [1.54, 1.807) is 40.1 Å². The van der Waals surface area contributed by atoms with E-state index in [9.17, 15) is 9.59 Å². The van der Waals surface area contributed by atoms with Crippen LogP contribution in [0.25, 0.3) is 0 Å². The summed E-state index contributed by atoms with van der Waals surface area (Å²) in [5.74, 6) is -0.343. The van der Waals surface area contributed by atoms with Gasteiger partial charge in [0.25, 0.3) is 11.8 Å². The van der Waals surface area contributed by atoms with Gasteiger partial charge in [0.1, 0.15) is 0 Å². The third kappa shape index (κ3) is 3.57. The van der Waals surface area contributed by atoms with Crippen molar-refractivity contribution in [3.05, 3.63) is 68.2 Å². The molecule has 148 valence electrons. The van der Waals surface area contributed by atoms with Gasteiger partial charge in [-0.05, 0) is 36.8 Å². The van der Waals surface area contributed by atoms with Crippen LogP contribution in [0, 0.1) is 16.7 Å². The number of nitriles is 1. The van der Waals surface area contributed by atoms with Crippen molar-refractivity contribution in [2.75, 3.05) is 26.2 Å². The first-order valence-corrected chi connectivity index (χ1v) is 10.2. The summed E-state index contributed by atoms with van der Waals surface area (Å²) in [6.07, 6.45) is 0.812. The Morgan fingerprint density at radius 3 is 2.34 bits per heavy atom. The number of hydrogen-bond donors (Lipinski definition) is 0. The highest BCUT2D eigenvalue weighted by molar-refractivity contribution is 6.43. The first kappa shape index (κ1) is 20.0. The lowest BCUT2D eigenvalue weighted by Gasteiger charge is -2.48. The van der Waals surface area contributed by atoms with Gasteiger partial charge in [0.15, 0.2) is 0 Å². The molecule has 8 heteroatoms. The molecule has 2 heterocycles. The average Bonchev–Trinajstić information content (AvgIpc) is 3.14. The maximum Gasteiger partial charge on any atom is 0.255 e. The minimum Gasteiger partial charge on any atom is -0.338 e. The Balaban J connectivity index is 1.44. The monoisotopic (exact) mass is 447 g/mol. The molecule has 0 radical (unpaired) electrons. The number of likely N-dealkylation sites (tertiary alicyclic amines) is 2. The first-order chi connectivity index (χ1) is 13.8. The van der Waals surface area contributed by atoms with E-state index in [0.29, 0.717) is 52.9 Å². The van der Waals surface area contributed by atoms with Gasteiger partial charge in [-0.2, -0.15) is 5.26 Å². The zero-order valence-electron chi connectivity index (χ0n) is 15.3. The van der Waals surface area contributed by atoms with Crippen molar-refractivity contribution >= 4 is 46.6 Å². The number of rotatable bonds is 2. The number of hydrogen-bond acceptors (Lipinski definition) is 3. The van der Waals surface area contributed by atoms with Gasteiger partial charge in [-0.3, -0.25) is 9.59 Å². The summed E-state index contributed by atoms with van der Waals surface area (Å²) in [5, 5.41) is 9.99. The second kappa shape index (κ2) is 7.53. The van der Waals surface area contributed by atoms with Gasteiger partial charge in [-0.25, -0.2) is 0 Å². The molecule has 0 bridgehead atoms. The van der Waals surface area contributed by atoms with E-state index in [1.807, 2.05) is 6.07 Å². The van der Waals surface area contributed by atoms with E-state index < -0.39 is 0 Å². The zero-order valence-corrected chi connectivity index (χ0v) is 17.6. The van der Waals surface area contributed by atoms with E-state index in [2.05, 4.69) is 0 Å². The Hall–Kier alpha value is -2.26. The van der Waals surface area contributed by atoms with E-state index in [0.717, 1.165) is 6.42 Å². The quantitative estimate of drug-likeness (QED) is 0.679. The SMILES string of the molecule is N#Cc1ccc(Cl)c(C(=O)N2CC3(CCN(C(=O)c4cccc(Cl)c4Cl)C3)C2)c1. The highest BCUT2D eigenvalue weighted by atomic mass is 35.5. The van der Waals surface area contributed by atoms with Crippen LogP contribution in [0.3, 0.4) is 0 Å². The van der Waals surface area contributed by atoms with Crippen LogP contribution in [0.1, 0.15) is 32.7 Å². The summed E-state index contributed by atoms with van der Waals surface area (Å²) in [5.41, 5.74) is 1.00. The maximum absolute atomic E-state index is 12.9. The zero-order chi connectivity index (χ0) is 20.8. The fraction of sp³-hybridized carbons (Fsp3) is 0.286. The fourth-order valence-electron chi connectivity index (χ4n) is 4.04. The molecule has 2 saturated heterocycles. The van der Waals surface area contributed by atoms with Crippen molar-refractivity contribution in [3.63, 3.8) is 0 Å². The van der Waals surface area contributed by atoms with Crippen LogP contribution in [-0.2, 0) is 0 Å². The predicted octanol–water partition coefficient (Wildman–Crippen LogP) is 4.51. The predicted molar refractivity (Wildman–Crippen MR) is 111 cm³/mol. The lowest BCUT2D eigenvalue weighted by Crippen LogP contribution is -2.59. The number of carbonyl (C=O) groups is 2. The number of amides is 2. The third-order valence-corrected chi connectivity index (χ3v) is 6.72. The van der Waals surface area contributed by atoms with Crippen molar-refractivity contribution in [2.45, 2.75) is 6.42 Å². The molecule has 2 aliphatic heterocycles. The molecule has 2 aliphatic rings. The molecule has 2 aromatic rings. The summed E-state index contributed by atoms with van der Waals surface area (Å²) in [4.78, 5) is 29.1. The Labute approximate surface area is 183 Å². The van der Waals surface area contributed by atoms with Crippen LogP contribution in [0.4, 0.5) is 0 Å². The van der Waals surface area contributed by atoms with Crippen molar-refractivity contribution < 1.29 is 9.59 Å². The molecule has 1 spiro atoms. The summed E-state index contributed by atoms with van der Waals surface area (Å²) in [6, 6.07) is 11.7. The molecule has 0 N–H and O–H groups in total. The van der Waals surface area contributed by atoms with E-state index in [1.165, 1.54) is 6.07 Å². The molecule has 2 fully saturated rings. The molecular weight excluding hydrogens is 433 g/mol. The van der Waals surface area contributed by atoms with Crippen LogP contribution in [0.2, 0.25) is 15.1 Å². The molecule has 2 amide bonds. The third-order valence-electron chi connectivity index (χ3n) is 5.57. The van der Waals surface area contributed by atoms with Crippen molar-refractivity contribution in [3.8, 4) is 6.07 Å². The summed E-state index contributed by atoms with van der Waals surface area (Å²) in [6.45, 7) is 2.26. The first-order valence-electron chi connectivity index (χ1n) is 9.06. The lowest BCUT2D eigenvalue weighted by atomic mass is 9.78. The minimum atomic E-state index is -0.194. The average molecular weight is 449 g/mol. The Morgan fingerprint density at radius 1 is 0.931 bits per heavy atom. The molecule has 2 aromatic carbocycles. The van der Waals surface area contributed by atoms with Crippen LogP contribution < -0.4 is 0 Å². The van der Waals surface area contributed by atoms with Gasteiger partial charge in [0.2, 0.25) is 0 Å². The van der Waals surface area contributed by atoms with Crippen LogP contribution in [0.15, 0.2) is 36.4 Å². The summed E-state index contributed by atoms with van der Waals surface area (Å²) < 4.78 is 0. The molecular formula is C21H16Cl3N3O2. The molecule has 29 heavy (non-hydrogen) atoms. The van der Waals surface area contributed by atoms with Crippen LogP contribution >= 0.6 is 34.8 Å². The van der Waals surface area contributed by atoms with Crippen molar-refractivity contribution in [2.24, 2.45) is 5.41 Å². The standard InChI is InChI=1S/C21H16Cl3N3O2/c22-16-5-4-13(9-25)8-15(16)20(29)27-11-21(12-27)6-7-26(10-21)19(28)14-2-1-3-17(23)18(14)24/h1-5,8H,6-7,10-12H2. The van der Waals surface area contributed by atoms with Gasteiger partial charge in [-0.1, -0.05) is 40.9 Å².